The molecular formula is C11H22N2O2. The normalized spacial score (nSPS) is 16.3. The predicted octanol–water partition coefficient (Wildman–Crippen LogP) is 1.61. The van der Waals surface area contributed by atoms with Gasteiger partial charge in [0, 0.05) is 25.2 Å². The van der Waals surface area contributed by atoms with E-state index in [1.807, 2.05) is 25.7 Å². The topological polar surface area (TPSA) is 41.6 Å². The van der Waals surface area contributed by atoms with E-state index >= 15 is 0 Å². The van der Waals surface area contributed by atoms with E-state index in [9.17, 15) is 4.79 Å². The summed E-state index contributed by atoms with van der Waals surface area (Å²) >= 11 is 0. The molecule has 0 radical (unpaired) electrons. The van der Waals surface area contributed by atoms with Crippen LogP contribution >= 0.6 is 0 Å². The van der Waals surface area contributed by atoms with Gasteiger partial charge in [0.25, 0.3) is 0 Å². The van der Waals surface area contributed by atoms with Gasteiger partial charge in [-0.1, -0.05) is 0 Å². The summed E-state index contributed by atoms with van der Waals surface area (Å²) in [5.41, 5.74) is -0.169. The van der Waals surface area contributed by atoms with Crippen LogP contribution in [0.1, 0.15) is 33.6 Å². The first kappa shape index (κ1) is 12.3. The fourth-order valence-electron chi connectivity index (χ4n) is 1.42. The van der Waals surface area contributed by atoms with Crippen molar-refractivity contribution >= 4 is 6.03 Å². The summed E-state index contributed by atoms with van der Waals surface area (Å²) in [4.78, 5) is 13.8. The second-order valence-electron chi connectivity index (χ2n) is 5.10. The van der Waals surface area contributed by atoms with Gasteiger partial charge >= 0.3 is 6.03 Å². The van der Waals surface area contributed by atoms with E-state index in [2.05, 4.69) is 5.32 Å². The van der Waals surface area contributed by atoms with E-state index in [0.29, 0.717) is 19.2 Å². The van der Waals surface area contributed by atoms with Crippen molar-refractivity contribution in [3.63, 3.8) is 0 Å². The lowest BCUT2D eigenvalue weighted by Crippen LogP contribution is -2.50. The zero-order valence-electron chi connectivity index (χ0n) is 10.2. The molecule has 1 fully saturated rings. The molecule has 0 aromatic carbocycles. The molecule has 1 rings (SSSR count). The number of carbonyl (C=O) groups is 1. The molecule has 0 aromatic rings. The molecule has 0 saturated heterocycles. The average molecular weight is 214 g/mol. The molecule has 88 valence electrons. The Balaban J connectivity index is 2.44. The first-order chi connectivity index (χ1) is 6.94. The van der Waals surface area contributed by atoms with Crippen LogP contribution in [-0.4, -0.2) is 42.8 Å². The van der Waals surface area contributed by atoms with Crippen molar-refractivity contribution < 1.29 is 9.53 Å². The number of carbonyl (C=O) groups excluding carboxylic acids is 1. The summed E-state index contributed by atoms with van der Waals surface area (Å²) in [7, 11) is 1.66. The molecule has 1 aliphatic carbocycles. The predicted molar refractivity (Wildman–Crippen MR) is 59.9 cm³/mol. The van der Waals surface area contributed by atoms with Crippen LogP contribution < -0.4 is 5.32 Å². The van der Waals surface area contributed by atoms with Gasteiger partial charge in [-0.2, -0.15) is 0 Å². The second-order valence-corrected chi connectivity index (χ2v) is 5.10. The van der Waals surface area contributed by atoms with Gasteiger partial charge in [0.2, 0.25) is 0 Å². The van der Waals surface area contributed by atoms with Crippen LogP contribution in [0.4, 0.5) is 4.79 Å². The molecule has 1 aliphatic rings. The molecule has 15 heavy (non-hydrogen) atoms. The van der Waals surface area contributed by atoms with Crippen LogP contribution in [0, 0.1) is 0 Å². The molecule has 0 heterocycles. The number of rotatable bonds is 4. The van der Waals surface area contributed by atoms with Crippen molar-refractivity contribution in [3.8, 4) is 0 Å². The van der Waals surface area contributed by atoms with Crippen molar-refractivity contribution in [2.45, 2.75) is 45.2 Å². The number of amides is 2. The fourth-order valence-corrected chi connectivity index (χ4v) is 1.42. The zero-order valence-corrected chi connectivity index (χ0v) is 10.2. The molecule has 0 atom stereocenters. The van der Waals surface area contributed by atoms with E-state index in [1.165, 1.54) is 0 Å². The number of hydrogen-bond acceptors (Lipinski definition) is 2. The van der Waals surface area contributed by atoms with Gasteiger partial charge in [0.15, 0.2) is 0 Å². The Morgan fingerprint density at radius 3 is 2.47 bits per heavy atom. The first-order valence-corrected chi connectivity index (χ1v) is 5.52. The molecule has 0 spiro atoms. The third-order valence-corrected chi connectivity index (χ3v) is 2.27. The molecule has 0 aliphatic heterocycles. The minimum absolute atomic E-state index is 0.0297. The van der Waals surface area contributed by atoms with Crippen molar-refractivity contribution in [1.29, 1.82) is 0 Å². The van der Waals surface area contributed by atoms with Crippen molar-refractivity contribution in [1.82, 2.24) is 10.2 Å². The lowest BCUT2D eigenvalue weighted by molar-refractivity contribution is 0.142. The Bertz CT molecular complexity index is 219. The van der Waals surface area contributed by atoms with E-state index in [1.54, 1.807) is 7.11 Å². The SMILES string of the molecule is COCCN(C(=O)NC(C)(C)C)C1CC1. The maximum atomic E-state index is 11.9. The standard InChI is InChI=1S/C11H22N2O2/c1-11(2,3)12-10(14)13(7-8-15-4)9-5-6-9/h9H,5-8H2,1-4H3,(H,12,14). The second kappa shape index (κ2) is 4.84. The van der Waals surface area contributed by atoms with E-state index < -0.39 is 0 Å². The molecule has 1 saturated carbocycles. The molecule has 0 bridgehead atoms. The Kier molecular flexibility index (Phi) is 3.97. The van der Waals surface area contributed by atoms with Gasteiger partial charge in [0.05, 0.1) is 6.61 Å². The van der Waals surface area contributed by atoms with E-state index in [4.69, 9.17) is 4.74 Å². The van der Waals surface area contributed by atoms with Crippen LogP contribution in [-0.2, 0) is 4.74 Å². The number of nitrogens with zero attached hydrogens (tertiary/aromatic N) is 1. The third-order valence-electron chi connectivity index (χ3n) is 2.27. The van der Waals surface area contributed by atoms with Crippen molar-refractivity contribution in [2.75, 3.05) is 20.3 Å². The van der Waals surface area contributed by atoms with Gasteiger partial charge in [-0.15, -0.1) is 0 Å². The summed E-state index contributed by atoms with van der Waals surface area (Å²) in [5, 5.41) is 2.98. The van der Waals surface area contributed by atoms with Gasteiger partial charge in [-0.3, -0.25) is 0 Å². The molecule has 4 nitrogen and oxygen atoms in total. The lowest BCUT2D eigenvalue weighted by atomic mass is 10.1. The molecule has 0 aromatic heterocycles. The first-order valence-electron chi connectivity index (χ1n) is 5.52. The number of hydrogen-bond donors (Lipinski definition) is 1. The summed E-state index contributed by atoms with van der Waals surface area (Å²) in [6.07, 6.45) is 2.25. The number of ether oxygens (including phenoxy) is 1. The summed E-state index contributed by atoms with van der Waals surface area (Å²) < 4.78 is 5.01. The number of nitrogens with one attached hydrogen (secondary N) is 1. The Morgan fingerprint density at radius 1 is 1.47 bits per heavy atom. The molecule has 0 unspecified atom stereocenters. The highest BCUT2D eigenvalue weighted by Gasteiger charge is 2.33. The van der Waals surface area contributed by atoms with Gasteiger partial charge < -0.3 is 15.0 Å². The van der Waals surface area contributed by atoms with Crippen LogP contribution in [0.5, 0.6) is 0 Å². The highest BCUT2D eigenvalue weighted by molar-refractivity contribution is 5.75. The number of urea groups is 1. The number of methoxy groups -OCH3 is 1. The van der Waals surface area contributed by atoms with E-state index in [0.717, 1.165) is 12.8 Å². The van der Waals surface area contributed by atoms with Crippen molar-refractivity contribution in [3.05, 3.63) is 0 Å². The van der Waals surface area contributed by atoms with Crippen molar-refractivity contribution in [2.24, 2.45) is 0 Å². The molecule has 1 N–H and O–H groups in total. The van der Waals surface area contributed by atoms with E-state index in [-0.39, 0.29) is 11.6 Å². The largest absolute Gasteiger partial charge is 0.383 e. The minimum atomic E-state index is -0.169. The Morgan fingerprint density at radius 2 is 2.07 bits per heavy atom. The summed E-state index contributed by atoms with van der Waals surface area (Å²) in [6.45, 7) is 7.27. The molecular weight excluding hydrogens is 192 g/mol. The summed E-state index contributed by atoms with van der Waals surface area (Å²) in [5.74, 6) is 0. The quantitative estimate of drug-likeness (QED) is 0.772. The monoisotopic (exact) mass is 214 g/mol. The molecule has 2 amide bonds. The Hall–Kier alpha value is -0.770. The summed E-state index contributed by atoms with van der Waals surface area (Å²) in [6, 6.07) is 0.463. The zero-order chi connectivity index (χ0) is 11.5. The van der Waals surface area contributed by atoms with Gasteiger partial charge in [-0.05, 0) is 33.6 Å². The third kappa shape index (κ3) is 4.51. The maximum Gasteiger partial charge on any atom is 0.318 e. The van der Waals surface area contributed by atoms with Crippen LogP contribution in [0.25, 0.3) is 0 Å². The smallest absolute Gasteiger partial charge is 0.318 e. The molecule has 4 heteroatoms. The van der Waals surface area contributed by atoms with Gasteiger partial charge in [-0.25, -0.2) is 4.79 Å². The minimum Gasteiger partial charge on any atom is -0.383 e. The van der Waals surface area contributed by atoms with Crippen LogP contribution in [0.3, 0.4) is 0 Å². The lowest BCUT2D eigenvalue weighted by Gasteiger charge is -2.28. The Labute approximate surface area is 92.0 Å². The maximum absolute atomic E-state index is 11.9. The van der Waals surface area contributed by atoms with Crippen LogP contribution in [0.15, 0.2) is 0 Å². The van der Waals surface area contributed by atoms with Crippen LogP contribution in [0.2, 0.25) is 0 Å². The highest BCUT2D eigenvalue weighted by atomic mass is 16.5. The highest BCUT2D eigenvalue weighted by Crippen LogP contribution is 2.26. The fraction of sp³-hybridized carbons (Fsp3) is 0.909. The van der Waals surface area contributed by atoms with Gasteiger partial charge in [0.1, 0.15) is 0 Å². The average Bonchev–Trinajstić information content (AvgIpc) is 2.85.